The highest BCUT2D eigenvalue weighted by Crippen LogP contribution is 2.23. The lowest BCUT2D eigenvalue weighted by Gasteiger charge is -2.20. The van der Waals surface area contributed by atoms with Crippen LogP contribution in [0.25, 0.3) is 0 Å². The molecule has 1 atom stereocenters. The van der Waals surface area contributed by atoms with Crippen molar-refractivity contribution in [3.05, 3.63) is 23.8 Å². The molecule has 0 bridgehead atoms. The van der Waals surface area contributed by atoms with Crippen LogP contribution in [0.5, 0.6) is 5.75 Å². The van der Waals surface area contributed by atoms with E-state index in [4.69, 9.17) is 9.84 Å². The minimum atomic E-state index is -0.927. The van der Waals surface area contributed by atoms with E-state index in [1.165, 1.54) is 4.90 Å². The molecule has 2 amide bonds. The summed E-state index contributed by atoms with van der Waals surface area (Å²) >= 11 is 0. The van der Waals surface area contributed by atoms with E-state index in [1.807, 2.05) is 13.0 Å². The van der Waals surface area contributed by atoms with Gasteiger partial charge in [0.2, 0.25) is 0 Å². The Bertz CT molecular complexity index is 516. The second kappa shape index (κ2) is 7.52. The molecule has 1 aromatic carbocycles. The van der Waals surface area contributed by atoms with Crippen molar-refractivity contribution in [2.24, 2.45) is 5.92 Å². The Kier molecular flexibility index (Phi) is 6.02. The fourth-order valence-electron chi connectivity index (χ4n) is 1.91. The lowest BCUT2D eigenvalue weighted by Crippen LogP contribution is -2.36. The van der Waals surface area contributed by atoms with Crippen LogP contribution in [0.15, 0.2) is 18.2 Å². The second-order valence-corrected chi connectivity index (χ2v) is 4.93. The van der Waals surface area contributed by atoms with Gasteiger partial charge >= 0.3 is 12.0 Å². The number of carboxylic acids is 1. The maximum absolute atomic E-state index is 12.0. The van der Waals surface area contributed by atoms with Crippen molar-refractivity contribution in [1.82, 2.24) is 4.90 Å². The highest BCUT2D eigenvalue weighted by atomic mass is 16.5. The highest BCUT2D eigenvalue weighted by molar-refractivity contribution is 5.89. The van der Waals surface area contributed by atoms with Gasteiger partial charge in [0.15, 0.2) is 0 Å². The number of carbonyl (C=O) groups excluding carboxylic acids is 1. The summed E-state index contributed by atoms with van der Waals surface area (Å²) in [6, 6.07) is 5.10. The summed E-state index contributed by atoms with van der Waals surface area (Å²) < 4.78 is 5.27. The number of aryl methyl sites for hydroxylation is 1. The number of methoxy groups -OCH3 is 1. The number of anilines is 1. The summed E-state index contributed by atoms with van der Waals surface area (Å²) in [5.41, 5.74) is 1.67. The molecule has 21 heavy (non-hydrogen) atoms. The van der Waals surface area contributed by atoms with Gasteiger partial charge in [-0.15, -0.1) is 0 Å². The van der Waals surface area contributed by atoms with Crippen molar-refractivity contribution < 1.29 is 19.4 Å². The Morgan fingerprint density at radius 3 is 2.62 bits per heavy atom. The van der Waals surface area contributed by atoms with E-state index in [1.54, 1.807) is 33.2 Å². The first-order valence-corrected chi connectivity index (χ1v) is 6.80. The number of aliphatic carboxylic acids is 1. The fraction of sp³-hybridized carbons (Fsp3) is 0.467. The van der Waals surface area contributed by atoms with Crippen LogP contribution in [0.4, 0.5) is 10.5 Å². The number of urea groups is 1. The van der Waals surface area contributed by atoms with E-state index in [0.717, 1.165) is 17.7 Å². The van der Waals surface area contributed by atoms with Crippen molar-refractivity contribution in [2.75, 3.05) is 26.0 Å². The van der Waals surface area contributed by atoms with Gasteiger partial charge in [0.05, 0.1) is 13.0 Å². The number of ether oxygens (including phenoxy) is 1. The predicted molar refractivity (Wildman–Crippen MR) is 80.8 cm³/mol. The Morgan fingerprint density at radius 2 is 2.10 bits per heavy atom. The molecule has 0 saturated carbocycles. The molecule has 6 nitrogen and oxygen atoms in total. The van der Waals surface area contributed by atoms with Crippen LogP contribution in [0.3, 0.4) is 0 Å². The summed E-state index contributed by atoms with van der Waals surface area (Å²) in [6.45, 7) is 3.73. The zero-order valence-corrected chi connectivity index (χ0v) is 12.8. The number of nitrogens with zero attached hydrogens (tertiary/aromatic N) is 1. The lowest BCUT2D eigenvalue weighted by atomic mass is 10.1. The maximum atomic E-state index is 12.0. The zero-order chi connectivity index (χ0) is 16.0. The standard InChI is InChI=1S/C15H22N2O4/c1-5-11-6-7-12(8-13(11)21-4)16-15(20)17(3)9-10(2)14(18)19/h6-8,10H,5,9H2,1-4H3,(H,16,20)(H,18,19). The predicted octanol–water partition coefficient (Wildman–Crippen LogP) is 2.44. The lowest BCUT2D eigenvalue weighted by molar-refractivity contribution is -0.141. The van der Waals surface area contributed by atoms with Gasteiger partial charge in [-0.1, -0.05) is 19.9 Å². The molecule has 0 heterocycles. The van der Waals surface area contributed by atoms with E-state index < -0.39 is 11.9 Å². The molecule has 2 N–H and O–H groups in total. The molecule has 0 aliphatic carbocycles. The molecule has 1 aromatic rings. The van der Waals surface area contributed by atoms with E-state index in [2.05, 4.69) is 5.32 Å². The first-order chi connectivity index (χ1) is 9.88. The number of hydrogen-bond acceptors (Lipinski definition) is 3. The Balaban J connectivity index is 2.72. The van der Waals surface area contributed by atoms with Crippen molar-refractivity contribution >= 4 is 17.7 Å². The van der Waals surface area contributed by atoms with Gasteiger partial charge < -0.3 is 20.1 Å². The van der Waals surface area contributed by atoms with Gasteiger partial charge in [-0.05, 0) is 18.1 Å². The second-order valence-electron chi connectivity index (χ2n) is 4.93. The van der Waals surface area contributed by atoms with Gasteiger partial charge in [0.25, 0.3) is 0 Å². The largest absolute Gasteiger partial charge is 0.496 e. The molecule has 1 rings (SSSR count). The molecule has 6 heteroatoms. The molecule has 0 saturated heterocycles. The van der Waals surface area contributed by atoms with Crippen molar-refractivity contribution in [1.29, 1.82) is 0 Å². The van der Waals surface area contributed by atoms with Gasteiger partial charge in [-0.3, -0.25) is 4.79 Å². The van der Waals surface area contributed by atoms with Gasteiger partial charge in [0.1, 0.15) is 5.75 Å². The van der Waals surface area contributed by atoms with Crippen LogP contribution in [-0.4, -0.2) is 42.7 Å². The van der Waals surface area contributed by atoms with Crippen LogP contribution in [0, 0.1) is 5.92 Å². The summed E-state index contributed by atoms with van der Waals surface area (Å²) in [7, 11) is 3.15. The van der Waals surface area contributed by atoms with Crippen LogP contribution >= 0.6 is 0 Å². The summed E-state index contributed by atoms with van der Waals surface area (Å²) in [5.74, 6) is -0.821. The van der Waals surface area contributed by atoms with E-state index in [0.29, 0.717) is 5.69 Å². The third-order valence-corrected chi connectivity index (χ3v) is 3.24. The van der Waals surface area contributed by atoms with Crippen molar-refractivity contribution in [3.63, 3.8) is 0 Å². The number of amides is 2. The van der Waals surface area contributed by atoms with E-state index in [9.17, 15) is 9.59 Å². The van der Waals surface area contributed by atoms with E-state index in [-0.39, 0.29) is 12.6 Å². The molecule has 0 spiro atoms. The summed E-state index contributed by atoms with van der Waals surface area (Å²) in [4.78, 5) is 24.1. The number of rotatable bonds is 6. The number of carboxylic acid groups (broad SMARTS) is 1. The van der Waals surface area contributed by atoms with Crippen LogP contribution in [-0.2, 0) is 11.2 Å². The minimum Gasteiger partial charge on any atom is -0.496 e. The monoisotopic (exact) mass is 294 g/mol. The SMILES string of the molecule is CCc1ccc(NC(=O)N(C)CC(C)C(=O)O)cc1OC. The smallest absolute Gasteiger partial charge is 0.321 e. The molecule has 0 radical (unpaired) electrons. The summed E-state index contributed by atoms with van der Waals surface area (Å²) in [6.07, 6.45) is 0.841. The molecule has 0 aromatic heterocycles. The normalized spacial score (nSPS) is 11.6. The first kappa shape index (κ1) is 16.8. The van der Waals surface area contributed by atoms with Gasteiger partial charge in [-0.2, -0.15) is 0 Å². The Morgan fingerprint density at radius 1 is 1.43 bits per heavy atom. The number of carbonyl (C=O) groups is 2. The molecule has 0 aliphatic heterocycles. The number of benzene rings is 1. The zero-order valence-electron chi connectivity index (χ0n) is 12.8. The molecular weight excluding hydrogens is 272 g/mol. The van der Waals surface area contributed by atoms with Crippen molar-refractivity contribution in [3.8, 4) is 5.75 Å². The van der Waals surface area contributed by atoms with Crippen LogP contribution in [0.1, 0.15) is 19.4 Å². The maximum Gasteiger partial charge on any atom is 0.321 e. The molecule has 116 valence electrons. The van der Waals surface area contributed by atoms with Crippen LogP contribution < -0.4 is 10.1 Å². The average molecular weight is 294 g/mol. The molecular formula is C15H22N2O4. The number of nitrogens with one attached hydrogen (secondary N) is 1. The van der Waals surface area contributed by atoms with E-state index >= 15 is 0 Å². The third-order valence-electron chi connectivity index (χ3n) is 3.24. The fourth-order valence-corrected chi connectivity index (χ4v) is 1.91. The van der Waals surface area contributed by atoms with Gasteiger partial charge in [0, 0.05) is 25.3 Å². The first-order valence-electron chi connectivity index (χ1n) is 6.80. The third kappa shape index (κ3) is 4.66. The number of hydrogen-bond donors (Lipinski definition) is 2. The average Bonchev–Trinajstić information content (AvgIpc) is 2.46. The Labute approximate surface area is 124 Å². The molecule has 1 unspecified atom stereocenters. The van der Waals surface area contributed by atoms with Gasteiger partial charge in [-0.25, -0.2) is 4.79 Å². The van der Waals surface area contributed by atoms with Crippen LogP contribution in [0.2, 0.25) is 0 Å². The molecule has 0 fully saturated rings. The highest BCUT2D eigenvalue weighted by Gasteiger charge is 2.17. The molecule has 0 aliphatic rings. The minimum absolute atomic E-state index is 0.144. The Hall–Kier alpha value is -2.24. The quantitative estimate of drug-likeness (QED) is 0.844. The summed E-state index contributed by atoms with van der Waals surface area (Å²) in [5, 5.41) is 11.6. The topological polar surface area (TPSA) is 78.9 Å². The van der Waals surface area contributed by atoms with Crippen molar-refractivity contribution in [2.45, 2.75) is 20.3 Å².